The molecule has 2 aliphatic heterocycles. The lowest BCUT2D eigenvalue weighted by Gasteiger charge is -2.35. The second-order valence-electron chi connectivity index (χ2n) is 5.69. The van der Waals surface area contributed by atoms with Gasteiger partial charge in [-0.2, -0.15) is 0 Å². The molecular weight excluding hydrogens is 260 g/mol. The summed E-state index contributed by atoms with van der Waals surface area (Å²) >= 11 is 5.95. The number of amides is 1. The minimum absolute atomic E-state index is 0.0776. The van der Waals surface area contributed by atoms with Gasteiger partial charge in [0.05, 0.1) is 0 Å². The van der Waals surface area contributed by atoms with E-state index in [-0.39, 0.29) is 5.91 Å². The summed E-state index contributed by atoms with van der Waals surface area (Å²) in [4.78, 5) is 14.4. The van der Waals surface area contributed by atoms with Gasteiger partial charge in [0.25, 0.3) is 5.91 Å². The zero-order valence-corrected chi connectivity index (χ0v) is 11.9. The van der Waals surface area contributed by atoms with Crippen molar-refractivity contribution >= 4 is 17.5 Å². The van der Waals surface area contributed by atoms with Crippen LogP contribution in [0.25, 0.3) is 0 Å². The topological polar surface area (TPSA) is 32.3 Å². The molecule has 0 aromatic heterocycles. The first-order valence-electron chi connectivity index (χ1n) is 6.92. The predicted octanol–water partition coefficient (Wildman–Crippen LogP) is 2.70. The zero-order valence-electron chi connectivity index (χ0n) is 11.1. The Kier molecular flexibility index (Phi) is 3.50. The lowest BCUT2D eigenvalue weighted by molar-refractivity contribution is 0.0681. The van der Waals surface area contributed by atoms with Crippen molar-refractivity contribution in [3.05, 3.63) is 34.9 Å². The van der Waals surface area contributed by atoms with Crippen LogP contribution in [0.2, 0.25) is 5.02 Å². The third-order valence-electron chi connectivity index (χ3n) is 4.39. The van der Waals surface area contributed by atoms with Crippen LogP contribution in [0.3, 0.4) is 0 Å². The second kappa shape index (κ2) is 5.14. The monoisotopic (exact) mass is 278 g/mol. The Morgan fingerprint density at radius 1 is 1.32 bits per heavy atom. The van der Waals surface area contributed by atoms with Gasteiger partial charge in [-0.25, -0.2) is 0 Å². The van der Waals surface area contributed by atoms with Crippen LogP contribution in [-0.4, -0.2) is 36.0 Å². The molecule has 3 nitrogen and oxygen atoms in total. The maximum atomic E-state index is 12.5. The summed E-state index contributed by atoms with van der Waals surface area (Å²) < 4.78 is 0. The van der Waals surface area contributed by atoms with E-state index in [1.807, 2.05) is 24.1 Å². The number of nitrogens with zero attached hydrogens (tertiary/aromatic N) is 1. The number of fused-ring (bicyclic) bond motifs is 2. The van der Waals surface area contributed by atoms with Gasteiger partial charge in [-0.05, 0) is 43.9 Å². The third-order valence-corrected chi connectivity index (χ3v) is 4.62. The fourth-order valence-corrected chi connectivity index (χ4v) is 3.52. The molecule has 0 aliphatic carbocycles. The molecule has 2 heterocycles. The van der Waals surface area contributed by atoms with Gasteiger partial charge in [0.2, 0.25) is 0 Å². The van der Waals surface area contributed by atoms with Crippen molar-refractivity contribution in [2.45, 2.75) is 43.8 Å². The van der Waals surface area contributed by atoms with Gasteiger partial charge in [0.1, 0.15) is 0 Å². The van der Waals surface area contributed by atoms with Crippen LogP contribution in [0.5, 0.6) is 0 Å². The molecule has 1 aromatic carbocycles. The lowest BCUT2D eigenvalue weighted by atomic mass is 9.98. The summed E-state index contributed by atoms with van der Waals surface area (Å²) in [6.45, 7) is 0. The Morgan fingerprint density at radius 2 is 2.00 bits per heavy atom. The predicted molar refractivity (Wildman–Crippen MR) is 76.5 cm³/mol. The van der Waals surface area contributed by atoms with Gasteiger partial charge in [0.15, 0.2) is 0 Å². The van der Waals surface area contributed by atoms with Crippen LogP contribution in [0, 0.1) is 0 Å². The highest BCUT2D eigenvalue weighted by Crippen LogP contribution is 2.29. The molecule has 0 spiro atoms. The average molecular weight is 279 g/mol. The van der Waals surface area contributed by atoms with Gasteiger partial charge in [-0.1, -0.05) is 17.7 Å². The van der Waals surface area contributed by atoms with Crippen molar-refractivity contribution < 1.29 is 4.79 Å². The molecule has 0 saturated carbocycles. The fraction of sp³-hybridized carbons (Fsp3) is 0.533. The minimum Gasteiger partial charge on any atom is -0.339 e. The minimum atomic E-state index is 0.0776. The van der Waals surface area contributed by atoms with Gasteiger partial charge < -0.3 is 10.2 Å². The van der Waals surface area contributed by atoms with Crippen molar-refractivity contribution in [3.8, 4) is 0 Å². The Morgan fingerprint density at radius 3 is 2.63 bits per heavy atom. The van der Waals surface area contributed by atoms with E-state index >= 15 is 0 Å². The Bertz CT molecular complexity index is 479. The lowest BCUT2D eigenvalue weighted by Crippen LogP contribution is -2.48. The fourth-order valence-electron chi connectivity index (χ4n) is 3.33. The molecule has 2 atom stereocenters. The van der Waals surface area contributed by atoms with E-state index in [0.717, 1.165) is 12.8 Å². The van der Waals surface area contributed by atoms with Crippen LogP contribution >= 0.6 is 11.6 Å². The molecule has 2 bridgehead atoms. The molecule has 2 saturated heterocycles. The molecule has 1 N–H and O–H groups in total. The number of benzene rings is 1. The summed E-state index contributed by atoms with van der Waals surface area (Å²) in [5, 5.41) is 4.22. The normalized spacial score (nSPS) is 29.3. The van der Waals surface area contributed by atoms with E-state index in [1.165, 1.54) is 12.8 Å². The molecule has 1 aromatic rings. The molecule has 0 radical (unpaired) electrons. The molecule has 1 amide bonds. The Hall–Kier alpha value is -1.06. The van der Waals surface area contributed by atoms with E-state index in [4.69, 9.17) is 11.6 Å². The van der Waals surface area contributed by atoms with Crippen LogP contribution in [0.15, 0.2) is 24.3 Å². The first kappa shape index (κ1) is 12.9. The smallest absolute Gasteiger partial charge is 0.253 e. The molecule has 102 valence electrons. The van der Waals surface area contributed by atoms with Crippen LogP contribution < -0.4 is 5.32 Å². The van der Waals surface area contributed by atoms with Gasteiger partial charge in [-0.15, -0.1) is 0 Å². The number of carbonyl (C=O) groups excluding carboxylic acids is 1. The second-order valence-corrected chi connectivity index (χ2v) is 6.13. The first-order valence-corrected chi connectivity index (χ1v) is 7.30. The molecule has 3 rings (SSSR count). The number of rotatable bonds is 2. The summed E-state index contributed by atoms with van der Waals surface area (Å²) in [6.07, 6.45) is 4.64. The van der Waals surface area contributed by atoms with E-state index in [0.29, 0.717) is 28.7 Å². The summed E-state index contributed by atoms with van der Waals surface area (Å²) in [7, 11) is 1.92. The Balaban J connectivity index is 1.73. The zero-order chi connectivity index (χ0) is 13.4. The molecular formula is C15H19ClN2O. The first-order chi connectivity index (χ1) is 9.13. The largest absolute Gasteiger partial charge is 0.339 e. The van der Waals surface area contributed by atoms with E-state index < -0.39 is 0 Å². The number of hydrogen-bond acceptors (Lipinski definition) is 2. The van der Waals surface area contributed by atoms with E-state index in [2.05, 4.69) is 5.32 Å². The summed E-state index contributed by atoms with van der Waals surface area (Å²) in [5.74, 6) is 0.0776. The molecule has 4 heteroatoms. The maximum absolute atomic E-state index is 12.5. The standard InChI is InChI=1S/C15H19ClN2O/c1-18(14-8-12-5-6-13(9-14)17-12)15(19)10-3-2-4-11(16)7-10/h2-4,7,12-14,17H,5-6,8-9H2,1H3. The van der Waals surface area contributed by atoms with Crippen molar-refractivity contribution in [1.82, 2.24) is 10.2 Å². The number of carbonyl (C=O) groups is 1. The number of piperidine rings is 1. The summed E-state index contributed by atoms with van der Waals surface area (Å²) in [6, 6.07) is 8.75. The highest BCUT2D eigenvalue weighted by atomic mass is 35.5. The van der Waals surface area contributed by atoms with Gasteiger partial charge >= 0.3 is 0 Å². The Labute approximate surface area is 118 Å². The quantitative estimate of drug-likeness (QED) is 0.902. The van der Waals surface area contributed by atoms with Crippen LogP contribution in [0.4, 0.5) is 0 Å². The number of nitrogens with one attached hydrogen (secondary N) is 1. The van der Waals surface area contributed by atoms with Crippen LogP contribution in [-0.2, 0) is 0 Å². The average Bonchev–Trinajstić information content (AvgIpc) is 2.76. The highest BCUT2D eigenvalue weighted by molar-refractivity contribution is 6.30. The van der Waals surface area contributed by atoms with Gasteiger partial charge in [0, 0.05) is 35.8 Å². The van der Waals surface area contributed by atoms with Crippen molar-refractivity contribution in [2.75, 3.05) is 7.05 Å². The SMILES string of the molecule is CN(C(=O)c1cccc(Cl)c1)C1CC2CCC(C1)N2. The number of hydrogen-bond donors (Lipinski definition) is 1. The molecule has 2 fully saturated rings. The maximum Gasteiger partial charge on any atom is 0.253 e. The van der Waals surface area contributed by atoms with Crippen molar-refractivity contribution in [1.29, 1.82) is 0 Å². The number of halogens is 1. The van der Waals surface area contributed by atoms with Gasteiger partial charge in [-0.3, -0.25) is 4.79 Å². The highest BCUT2D eigenvalue weighted by Gasteiger charge is 2.36. The third kappa shape index (κ3) is 2.63. The van der Waals surface area contributed by atoms with Crippen LogP contribution in [0.1, 0.15) is 36.0 Å². The van der Waals surface area contributed by atoms with E-state index in [9.17, 15) is 4.79 Å². The van der Waals surface area contributed by atoms with Crippen molar-refractivity contribution in [2.24, 2.45) is 0 Å². The van der Waals surface area contributed by atoms with E-state index in [1.54, 1.807) is 12.1 Å². The molecule has 2 aliphatic rings. The molecule has 2 unspecified atom stereocenters. The summed E-state index contributed by atoms with van der Waals surface area (Å²) in [5.41, 5.74) is 0.681. The molecule has 19 heavy (non-hydrogen) atoms. The van der Waals surface area contributed by atoms with Crippen molar-refractivity contribution in [3.63, 3.8) is 0 Å².